The number of fused-ring (bicyclic) bond motifs is 1. The molecule has 3 aromatic carbocycles. The first-order chi connectivity index (χ1) is 17.9. The molecule has 38 heavy (non-hydrogen) atoms. The van der Waals surface area contributed by atoms with Crippen molar-refractivity contribution in [2.24, 2.45) is 0 Å². The van der Waals surface area contributed by atoms with Crippen molar-refractivity contribution in [3.63, 3.8) is 0 Å². The third-order valence-electron chi connectivity index (χ3n) is 5.73. The van der Waals surface area contributed by atoms with Crippen LogP contribution >= 0.6 is 0 Å². The van der Waals surface area contributed by atoms with Gasteiger partial charge in [-0.15, -0.1) is 0 Å². The summed E-state index contributed by atoms with van der Waals surface area (Å²) < 4.78 is 5.24. The van der Waals surface area contributed by atoms with Crippen molar-refractivity contribution in [3.05, 3.63) is 72.3 Å². The summed E-state index contributed by atoms with van der Waals surface area (Å²) in [5.74, 6) is -1.16. The largest absolute Gasteiger partial charge is 0.508 e. The molecule has 4 N–H and O–H groups in total. The monoisotopic (exact) mass is 521 g/mol. The van der Waals surface area contributed by atoms with Crippen LogP contribution in [0.25, 0.3) is 10.8 Å². The summed E-state index contributed by atoms with van der Waals surface area (Å²) in [6.07, 6.45) is -0.865. The quantitative estimate of drug-likeness (QED) is 0.349. The highest BCUT2D eigenvalue weighted by molar-refractivity contribution is 6.00. The summed E-state index contributed by atoms with van der Waals surface area (Å²) in [6.45, 7) is 7.81. The van der Waals surface area contributed by atoms with E-state index in [2.05, 4.69) is 10.6 Å². The number of carbonyl (C=O) groups is 3. The average molecular weight is 522 g/mol. The molecule has 0 heterocycles. The van der Waals surface area contributed by atoms with E-state index in [1.165, 1.54) is 17.0 Å². The third kappa shape index (κ3) is 7.23. The number of hydrogen-bond donors (Lipinski definition) is 4. The Morgan fingerprint density at radius 3 is 2.16 bits per heavy atom. The molecule has 2 atom stereocenters. The molecule has 0 saturated carbocycles. The van der Waals surface area contributed by atoms with Crippen molar-refractivity contribution >= 4 is 34.4 Å². The average Bonchev–Trinajstić information content (AvgIpc) is 2.84. The van der Waals surface area contributed by atoms with E-state index in [1.807, 2.05) is 36.4 Å². The van der Waals surface area contributed by atoms with E-state index in [0.29, 0.717) is 11.3 Å². The van der Waals surface area contributed by atoms with Crippen LogP contribution in [0.5, 0.6) is 5.75 Å². The molecule has 202 valence electrons. The molecular weight excluding hydrogens is 486 g/mol. The Morgan fingerprint density at radius 2 is 1.58 bits per heavy atom. The lowest BCUT2D eigenvalue weighted by Crippen LogP contribution is -2.55. The second kappa shape index (κ2) is 12.0. The van der Waals surface area contributed by atoms with E-state index in [1.54, 1.807) is 52.8 Å². The lowest BCUT2D eigenvalue weighted by Gasteiger charge is -2.36. The lowest BCUT2D eigenvalue weighted by atomic mass is 10.0. The number of phenolic OH excluding ortho intramolecular Hbond substituents is 1. The zero-order chi connectivity index (χ0) is 28.0. The number of hydrogen-bond acceptors (Lipinski definition) is 6. The first kappa shape index (κ1) is 28.5. The second-order valence-corrected chi connectivity index (χ2v) is 10.3. The molecule has 2 unspecified atom stereocenters. The Morgan fingerprint density at radius 1 is 0.947 bits per heavy atom. The van der Waals surface area contributed by atoms with Gasteiger partial charge >= 0.3 is 6.09 Å². The predicted molar refractivity (Wildman–Crippen MR) is 146 cm³/mol. The molecular formula is C29H35N3O6. The summed E-state index contributed by atoms with van der Waals surface area (Å²) in [7, 11) is 0. The fourth-order valence-corrected chi connectivity index (χ4v) is 4.07. The molecule has 3 amide bonds. The van der Waals surface area contributed by atoms with Gasteiger partial charge in [0.25, 0.3) is 5.91 Å². The van der Waals surface area contributed by atoms with E-state index >= 15 is 0 Å². The minimum Gasteiger partial charge on any atom is -0.508 e. The zero-order valence-corrected chi connectivity index (χ0v) is 22.3. The van der Waals surface area contributed by atoms with Gasteiger partial charge in [0.2, 0.25) is 5.91 Å². The van der Waals surface area contributed by atoms with Crippen LogP contribution in [-0.4, -0.2) is 57.3 Å². The molecule has 3 rings (SSSR count). The number of aliphatic hydroxyl groups excluding tert-OH is 1. The number of rotatable bonds is 8. The van der Waals surface area contributed by atoms with Crippen LogP contribution in [0, 0.1) is 0 Å². The van der Waals surface area contributed by atoms with Crippen molar-refractivity contribution in [2.75, 3.05) is 11.9 Å². The highest BCUT2D eigenvalue weighted by Gasteiger charge is 2.37. The summed E-state index contributed by atoms with van der Waals surface area (Å²) in [6, 6.07) is 16.2. The number of nitrogens with one attached hydrogen (secondary N) is 2. The maximum Gasteiger partial charge on any atom is 0.408 e. The van der Waals surface area contributed by atoms with Gasteiger partial charge in [-0.3, -0.25) is 9.59 Å². The van der Waals surface area contributed by atoms with E-state index in [0.717, 1.165) is 10.8 Å². The highest BCUT2D eigenvalue weighted by Crippen LogP contribution is 2.28. The van der Waals surface area contributed by atoms with Gasteiger partial charge in [-0.05, 0) is 75.2 Å². The molecule has 0 saturated heterocycles. The molecule has 0 spiro atoms. The molecule has 0 fully saturated rings. The van der Waals surface area contributed by atoms with Crippen LogP contribution in [-0.2, 0) is 14.3 Å². The van der Waals surface area contributed by atoms with E-state index in [4.69, 9.17) is 4.74 Å². The predicted octanol–water partition coefficient (Wildman–Crippen LogP) is 4.35. The summed E-state index contributed by atoms with van der Waals surface area (Å²) in [4.78, 5) is 41.1. The highest BCUT2D eigenvalue weighted by atomic mass is 16.6. The van der Waals surface area contributed by atoms with Crippen LogP contribution in [0.4, 0.5) is 10.5 Å². The van der Waals surface area contributed by atoms with Gasteiger partial charge in [-0.1, -0.05) is 42.5 Å². The number of amides is 3. The van der Waals surface area contributed by atoms with Gasteiger partial charge < -0.3 is 30.5 Å². The zero-order valence-electron chi connectivity index (χ0n) is 22.3. The van der Waals surface area contributed by atoms with Crippen LogP contribution in [0.3, 0.4) is 0 Å². The number of phenols is 1. The number of benzene rings is 3. The Balaban J connectivity index is 1.96. The molecule has 0 aromatic heterocycles. The standard InChI is InChI=1S/C29H35N3O6/c1-18(2)32(27(36)24(17-33)31-28(37)38-29(3,4)5)25(20-11-14-23(34)15-12-20)26(35)30-22-13-10-19-8-6-7-9-21(19)16-22/h6-16,18,24-25,33-34H,17H2,1-5H3,(H,30,35)(H,31,37). The molecule has 0 radical (unpaired) electrons. The topological polar surface area (TPSA) is 128 Å². The summed E-state index contributed by atoms with van der Waals surface area (Å²) >= 11 is 0. The summed E-state index contributed by atoms with van der Waals surface area (Å²) in [5, 5.41) is 27.1. The third-order valence-corrected chi connectivity index (χ3v) is 5.73. The minimum atomic E-state index is -1.35. The molecule has 0 aliphatic heterocycles. The Hall–Kier alpha value is -4.11. The first-order valence-corrected chi connectivity index (χ1v) is 12.4. The summed E-state index contributed by atoms with van der Waals surface area (Å²) in [5.41, 5.74) is 0.176. The van der Waals surface area contributed by atoms with Crippen molar-refractivity contribution in [2.45, 2.75) is 58.3 Å². The smallest absolute Gasteiger partial charge is 0.408 e. The number of nitrogens with zero attached hydrogens (tertiary/aromatic N) is 1. The number of ether oxygens (including phenoxy) is 1. The maximum atomic E-state index is 13.8. The molecule has 9 nitrogen and oxygen atoms in total. The SMILES string of the molecule is CC(C)N(C(=O)C(CO)NC(=O)OC(C)(C)C)C(C(=O)Nc1ccc2ccccc2c1)c1ccc(O)cc1. The fraction of sp³-hybridized carbons (Fsp3) is 0.345. The van der Waals surface area contributed by atoms with Crippen LogP contribution in [0.15, 0.2) is 66.7 Å². The molecule has 3 aromatic rings. The molecule has 0 aliphatic carbocycles. The van der Waals surface area contributed by atoms with Crippen LogP contribution in [0.2, 0.25) is 0 Å². The van der Waals surface area contributed by atoms with Gasteiger partial charge in [0, 0.05) is 11.7 Å². The van der Waals surface area contributed by atoms with Gasteiger partial charge in [0.05, 0.1) is 6.61 Å². The van der Waals surface area contributed by atoms with Crippen LogP contribution in [0.1, 0.15) is 46.2 Å². The molecule has 9 heteroatoms. The van der Waals surface area contributed by atoms with Crippen LogP contribution < -0.4 is 10.6 Å². The van der Waals surface area contributed by atoms with Crippen molar-refractivity contribution in [3.8, 4) is 5.75 Å². The van der Waals surface area contributed by atoms with Crippen molar-refractivity contribution < 1.29 is 29.3 Å². The maximum absolute atomic E-state index is 13.8. The van der Waals surface area contributed by atoms with Gasteiger partial charge in [-0.25, -0.2) is 4.79 Å². The lowest BCUT2D eigenvalue weighted by molar-refractivity contribution is -0.143. The van der Waals surface area contributed by atoms with E-state index < -0.39 is 48.2 Å². The number of aliphatic hydroxyl groups is 1. The van der Waals surface area contributed by atoms with Gasteiger partial charge in [-0.2, -0.15) is 0 Å². The van der Waals surface area contributed by atoms with E-state index in [9.17, 15) is 24.6 Å². The number of aromatic hydroxyl groups is 1. The minimum absolute atomic E-state index is 0.00434. The van der Waals surface area contributed by atoms with E-state index in [-0.39, 0.29) is 5.75 Å². The van der Waals surface area contributed by atoms with Crippen molar-refractivity contribution in [1.29, 1.82) is 0 Å². The number of alkyl carbamates (subject to hydrolysis) is 1. The second-order valence-electron chi connectivity index (χ2n) is 10.3. The number of anilines is 1. The Kier molecular flexibility index (Phi) is 8.96. The first-order valence-electron chi connectivity index (χ1n) is 12.4. The normalized spacial score (nSPS) is 13.0. The van der Waals surface area contributed by atoms with Gasteiger partial charge in [0.1, 0.15) is 23.4 Å². The molecule has 0 bridgehead atoms. The van der Waals surface area contributed by atoms with Gasteiger partial charge in [0.15, 0.2) is 0 Å². The Labute approximate surface area is 222 Å². The molecule has 0 aliphatic rings. The Bertz CT molecular complexity index is 1280. The van der Waals surface area contributed by atoms with Crippen molar-refractivity contribution in [1.82, 2.24) is 10.2 Å². The fourth-order valence-electron chi connectivity index (χ4n) is 4.07. The number of carbonyl (C=O) groups excluding carboxylic acids is 3.